The van der Waals surface area contributed by atoms with Crippen LogP contribution in [0.5, 0.6) is 5.75 Å². The predicted molar refractivity (Wildman–Crippen MR) is 58.9 cm³/mol. The molecule has 1 aromatic carbocycles. The zero-order valence-electron chi connectivity index (χ0n) is 9.33. The summed E-state index contributed by atoms with van der Waals surface area (Å²) in [6.45, 7) is 1.15. The first kappa shape index (κ1) is 11.4. The van der Waals surface area contributed by atoms with Crippen molar-refractivity contribution in [1.82, 2.24) is 0 Å². The SMILES string of the molecule is COc1cccc(C2(N)CCOCC2)c1F. The van der Waals surface area contributed by atoms with Gasteiger partial charge in [-0.1, -0.05) is 12.1 Å². The van der Waals surface area contributed by atoms with Crippen molar-refractivity contribution in [2.75, 3.05) is 20.3 Å². The Bertz CT molecular complexity index is 375. The molecule has 0 radical (unpaired) electrons. The molecule has 16 heavy (non-hydrogen) atoms. The van der Waals surface area contributed by atoms with E-state index in [9.17, 15) is 4.39 Å². The van der Waals surface area contributed by atoms with E-state index in [4.69, 9.17) is 15.2 Å². The van der Waals surface area contributed by atoms with Crippen LogP contribution < -0.4 is 10.5 Å². The molecule has 1 aliphatic heterocycles. The van der Waals surface area contributed by atoms with Gasteiger partial charge in [-0.15, -0.1) is 0 Å². The van der Waals surface area contributed by atoms with Gasteiger partial charge in [0.25, 0.3) is 0 Å². The van der Waals surface area contributed by atoms with Gasteiger partial charge < -0.3 is 15.2 Å². The summed E-state index contributed by atoms with van der Waals surface area (Å²) < 4.78 is 24.3. The molecule has 0 amide bonds. The second-order valence-corrected chi connectivity index (χ2v) is 4.09. The van der Waals surface area contributed by atoms with Crippen LogP contribution in [-0.4, -0.2) is 20.3 Å². The molecule has 1 fully saturated rings. The number of ether oxygens (including phenoxy) is 2. The van der Waals surface area contributed by atoms with Crippen molar-refractivity contribution < 1.29 is 13.9 Å². The van der Waals surface area contributed by atoms with E-state index in [1.807, 2.05) is 0 Å². The number of rotatable bonds is 2. The zero-order valence-corrected chi connectivity index (χ0v) is 9.33. The standard InChI is InChI=1S/C12H16FNO2/c1-15-10-4-2-3-9(11(10)13)12(14)5-7-16-8-6-12/h2-4H,5-8,14H2,1H3. The molecule has 1 heterocycles. The highest BCUT2D eigenvalue weighted by Gasteiger charge is 2.33. The van der Waals surface area contributed by atoms with Gasteiger partial charge in [-0.25, -0.2) is 4.39 Å². The molecule has 0 atom stereocenters. The first-order valence-electron chi connectivity index (χ1n) is 5.37. The van der Waals surface area contributed by atoms with Gasteiger partial charge in [0.2, 0.25) is 0 Å². The number of halogens is 1. The Hall–Kier alpha value is -1.13. The molecule has 0 aliphatic carbocycles. The maximum atomic E-state index is 14.1. The van der Waals surface area contributed by atoms with Gasteiger partial charge in [-0.3, -0.25) is 0 Å². The third kappa shape index (κ3) is 1.90. The minimum absolute atomic E-state index is 0.244. The fourth-order valence-corrected chi connectivity index (χ4v) is 2.06. The molecule has 0 spiro atoms. The minimum atomic E-state index is -0.628. The Labute approximate surface area is 94.3 Å². The van der Waals surface area contributed by atoms with E-state index in [2.05, 4.69) is 0 Å². The van der Waals surface area contributed by atoms with Crippen LogP contribution in [0.2, 0.25) is 0 Å². The second kappa shape index (κ2) is 4.39. The Morgan fingerprint density at radius 2 is 2.06 bits per heavy atom. The lowest BCUT2D eigenvalue weighted by Crippen LogP contribution is -2.42. The molecule has 0 bridgehead atoms. The molecule has 1 saturated heterocycles. The number of benzene rings is 1. The third-order valence-corrected chi connectivity index (χ3v) is 3.10. The fourth-order valence-electron chi connectivity index (χ4n) is 2.06. The summed E-state index contributed by atoms with van der Waals surface area (Å²) in [4.78, 5) is 0. The van der Waals surface area contributed by atoms with Crippen molar-refractivity contribution >= 4 is 0 Å². The van der Waals surface area contributed by atoms with Gasteiger partial charge >= 0.3 is 0 Å². The third-order valence-electron chi connectivity index (χ3n) is 3.10. The molecule has 2 N–H and O–H groups in total. The summed E-state index contributed by atoms with van der Waals surface area (Å²) >= 11 is 0. The Kier molecular flexibility index (Phi) is 3.12. The molecular formula is C12H16FNO2. The van der Waals surface area contributed by atoms with E-state index in [0.717, 1.165) is 0 Å². The molecular weight excluding hydrogens is 209 g/mol. The van der Waals surface area contributed by atoms with Gasteiger partial charge in [-0.05, 0) is 18.9 Å². The highest BCUT2D eigenvalue weighted by atomic mass is 19.1. The van der Waals surface area contributed by atoms with E-state index >= 15 is 0 Å². The highest BCUT2D eigenvalue weighted by Crippen LogP contribution is 2.34. The molecule has 1 aromatic rings. The summed E-state index contributed by atoms with van der Waals surface area (Å²) in [6, 6.07) is 5.09. The van der Waals surface area contributed by atoms with Crippen LogP contribution >= 0.6 is 0 Å². The quantitative estimate of drug-likeness (QED) is 0.834. The van der Waals surface area contributed by atoms with Gasteiger partial charge in [0.05, 0.1) is 7.11 Å². The maximum absolute atomic E-state index is 14.1. The minimum Gasteiger partial charge on any atom is -0.494 e. The van der Waals surface area contributed by atoms with E-state index in [1.54, 1.807) is 18.2 Å². The highest BCUT2D eigenvalue weighted by molar-refractivity contribution is 5.35. The Balaban J connectivity index is 2.38. The first-order valence-corrected chi connectivity index (χ1v) is 5.37. The van der Waals surface area contributed by atoms with Crippen LogP contribution in [0.25, 0.3) is 0 Å². The van der Waals surface area contributed by atoms with Crippen molar-refractivity contribution in [1.29, 1.82) is 0 Å². The van der Waals surface area contributed by atoms with Crippen molar-refractivity contribution in [3.05, 3.63) is 29.6 Å². The fraction of sp³-hybridized carbons (Fsp3) is 0.500. The van der Waals surface area contributed by atoms with Crippen LogP contribution in [0.15, 0.2) is 18.2 Å². The first-order chi connectivity index (χ1) is 7.67. The monoisotopic (exact) mass is 225 g/mol. The summed E-state index contributed by atoms with van der Waals surface area (Å²) in [5.41, 5.74) is 6.12. The molecule has 88 valence electrons. The lowest BCUT2D eigenvalue weighted by molar-refractivity contribution is 0.0509. The second-order valence-electron chi connectivity index (χ2n) is 4.09. The van der Waals surface area contributed by atoms with Crippen molar-refractivity contribution in [2.24, 2.45) is 5.73 Å². The smallest absolute Gasteiger partial charge is 0.170 e. The van der Waals surface area contributed by atoms with Crippen LogP contribution in [0.3, 0.4) is 0 Å². The Morgan fingerprint density at radius 1 is 1.38 bits per heavy atom. The predicted octanol–water partition coefficient (Wildman–Crippen LogP) is 1.80. The van der Waals surface area contributed by atoms with E-state index in [1.165, 1.54) is 7.11 Å². The van der Waals surface area contributed by atoms with Crippen LogP contribution in [0, 0.1) is 5.82 Å². The topological polar surface area (TPSA) is 44.5 Å². The lowest BCUT2D eigenvalue weighted by atomic mass is 9.83. The zero-order chi connectivity index (χ0) is 11.6. The molecule has 3 nitrogen and oxygen atoms in total. The summed E-state index contributed by atoms with van der Waals surface area (Å²) in [5.74, 6) is -0.108. The number of methoxy groups -OCH3 is 1. The molecule has 0 saturated carbocycles. The van der Waals surface area contributed by atoms with E-state index in [-0.39, 0.29) is 11.6 Å². The van der Waals surface area contributed by atoms with Gasteiger partial charge in [0.15, 0.2) is 11.6 Å². The average Bonchev–Trinajstić information content (AvgIpc) is 2.30. The van der Waals surface area contributed by atoms with Crippen LogP contribution in [-0.2, 0) is 10.3 Å². The average molecular weight is 225 g/mol. The molecule has 2 rings (SSSR count). The summed E-state index contributed by atoms with van der Waals surface area (Å²) in [5, 5.41) is 0. The van der Waals surface area contributed by atoms with Gasteiger partial charge in [0, 0.05) is 24.3 Å². The van der Waals surface area contributed by atoms with Gasteiger partial charge in [-0.2, -0.15) is 0 Å². The Morgan fingerprint density at radius 3 is 2.69 bits per heavy atom. The van der Waals surface area contributed by atoms with Crippen molar-refractivity contribution in [2.45, 2.75) is 18.4 Å². The summed E-state index contributed by atoms with van der Waals surface area (Å²) in [7, 11) is 1.45. The van der Waals surface area contributed by atoms with E-state index < -0.39 is 5.54 Å². The normalized spacial score (nSPS) is 19.4. The number of hydrogen-bond acceptors (Lipinski definition) is 3. The summed E-state index contributed by atoms with van der Waals surface area (Å²) in [6.07, 6.45) is 1.27. The lowest BCUT2D eigenvalue weighted by Gasteiger charge is -2.34. The number of nitrogens with two attached hydrogens (primary N) is 1. The van der Waals surface area contributed by atoms with Crippen molar-refractivity contribution in [3.8, 4) is 5.75 Å². The van der Waals surface area contributed by atoms with Crippen molar-refractivity contribution in [3.63, 3.8) is 0 Å². The van der Waals surface area contributed by atoms with E-state index in [0.29, 0.717) is 31.6 Å². The molecule has 1 aliphatic rings. The van der Waals surface area contributed by atoms with Crippen LogP contribution in [0.1, 0.15) is 18.4 Å². The van der Waals surface area contributed by atoms with Gasteiger partial charge in [0.1, 0.15) is 0 Å². The molecule has 0 aromatic heterocycles. The molecule has 4 heteroatoms. The van der Waals surface area contributed by atoms with Crippen LogP contribution in [0.4, 0.5) is 4.39 Å². The maximum Gasteiger partial charge on any atom is 0.170 e. The molecule has 0 unspecified atom stereocenters. The number of hydrogen-bond donors (Lipinski definition) is 1. The largest absolute Gasteiger partial charge is 0.494 e.